The number of phenolic OH excluding ortho intramolecular Hbond substituents is 2. The first kappa shape index (κ1) is 12.4. The van der Waals surface area contributed by atoms with E-state index in [2.05, 4.69) is 0 Å². The molecular formula is C12H16O4. The number of hydrogen-bond acceptors (Lipinski definition) is 4. The van der Waals surface area contributed by atoms with Crippen LogP contribution in [0.1, 0.15) is 30.6 Å². The van der Waals surface area contributed by atoms with Gasteiger partial charge in [-0.1, -0.05) is 13.8 Å². The van der Waals surface area contributed by atoms with Gasteiger partial charge in [-0.25, -0.2) is 4.79 Å². The number of rotatable bonds is 4. The highest BCUT2D eigenvalue weighted by atomic mass is 16.5. The van der Waals surface area contributed by atoms with Gasteiger partial charge >= 0.3 is 5.97 Å². The van der Waals surface area contributed by atoms with E-state index in [-0.39, 0.29) is 17.1 Å². The molecule has 0 bridgehead atoms. The van der Waals surface area contributed by atoms with Gasteiger partial charge in [-0.2, -0.15) is 0 Å². The lowest BCUT2D eigenvalue weighted by Gasteiger charge is -2.07. The number of hydrogen-bond donors (Lipinski definition) is 2. The lowest BCUT2D eigenvalue weighted by molar-refractivity contribution is 0.0487. The molecule has 1 aromatic rings. The molecule has 0 spiro atoms. The fourth-order valence-electron chi connectivity index (χ4n) is 1.12. The van der Waals surface area contributed by atoms with E-state index in [1.807, 2.05) is 13.8 Å². The smallest absolute Gasteiger partial charge is 0.338 e. The zero-order chi connectivity index (χ0) is 12.1. The normalized spacial score (nSPS) is 10.4. The summed E-state index contributed by atoms with van der Waals surface area (Å²) >= 11 is 0. The van der Waals surface area contributed by atoms with Crippen molar-refractivity contribution in [3.63, 3.8) is 0 Å². The minimum absolute atomic E-state index is 0.235. The van der Waals surface area contributed by atoms with Crippen LogP contribution in [0.2, 0.25) is 0 Å². The number of phenols is 2. The molecule has 0 amide bonds. The van der Waals surface area contributed by atoms with E-state index >= 15 is 0 Å². The first-order valence-electron chi connectivity index (χ1n) is 5.20. The highest BCUT2D eigenvalue weighted by molar-refractivity contribution is 5.90. The average molecular weight is 224 g/mol. The van der Waals surface area contributed by atoms with Crippen molar-refractivity contribution in [3.8, 4) is 11.5 Å². The molecule has 2 N–H and O–H groups in total. The predicted molar refractivity (Wildman–Crippen MR) is 59.5 cm³/mol. The summed E-state index contributed by atoms with van der Waals surface area (Å²) in [6.45, 7) is 4.44. The molecule has 0 radical (unpaired) electrons. The van der Waals surface area contributed by atoms with Crippen LogP contribution in [0.5, 0.6) is 11.5 Å². The molecule has 16 heavy (non-hydrogen) atoms. The molecule has 0 aliphatic heterocycles. The van der Waals surface area contributed by atoms with Crippen LogP contribution in [-0.4, -0.2) is 22.8 Å². The Morgan fingerprint density at radius 3 is 2.56 bits per heavy atom. The van der Waals surface area contributed by atoms with E-state index in [0.29, 0.717) is 12.5 Å². The molecule has 0 aliphatic carbocycles. The minimum atomic E-state index is -0.490. The third-order valence-electron chi connectivity index (χ3n) is 2.14. The van der Waals surface area contributed by atoms with E-state index in [4.69, 9.17) is 9.84 Å². The summed E-state index contributed by atoms with van der Waals surface area (Å²) in [5.74, 6) is -0.589. The monoisotopic (exact) mass is 224 g/mol. The van der Waals surface area contributed by atoms with Gasteiger partial charge in [0.25, 0.3) is 0 Å². The quantitative estimate of drug-likeness (QED) is 0.608. The van der Waals surface area contributed by atoms with Gasteiger partial charge in [-0.3, -0.25) is 0 Å². The van der Waals surface area contributed by atoms with Gasteiger partial charge in [0.05, 0.1) is 12.2 Å². The Hall–Kier alpha value is -1.71. The standard InChI is InChI=1S/C12H16O4/c1-8(2)5-6-16-12(15)9-3-4-10(13)11(14)7-9/h3-4,7-8,13-14H,5-6H2,1-2H3. The van der Waals surface area contributed by atoms with Crippen molar-refractivity contribution in [1.82, 2.24) is 0 Å². The fraction of sp³-hybridized carbons (Fsp3) is 0.417. The van der Waals surface area contributed by atoms with Gasteiger partial charge in [0, 0.05) is 0 Å². The minimum Gasteiger partial charge on any atom is -0.504 e. The maximum Gasteiger partial charge on any atom is 0.338 e. The highest BCUT2D eigenvalue weighted by Gasteiger charge is 2.10. The van der Waals surface area contributed by atoms with Crippen molar-refractivity contribution in [1.29, 1.82) is 0 Å². The van der Waals surface area contributed by atoms with Crippen LogP contribution in [0.25, 0.3) is 0 Å². The van der Waals surface area contributed by atoms with Crippen molar-refractivity contribution < 1.29 is 19.7 Å². The van der Waals surface area contributed by atoms with E-state index < -0.39 is 5.97 Å². The molecule has 4 heteroatoms. The van der Waals surface area contributed by atoms with Crippen LogP contribution >= 0.6 is 0 Å². The lowest BCUT2D eigenvalue weighted by Crippen LogP contribution is -2.07. The van der Waals surface area contributed by atoms with Crippen molar-refractivity contribution in [2.45, 2.75) is 20.3 Å². The molecule has 0 atom stereocenters. The van der Waals surface area contributed by atoms with Crippen LogP contribution in [0.4, 0.5) is 0 Å². The summed E-state index contributed by atoms with van der Waals surface area (Å²) < 4.78 is 5.00. The summed E-state index contributed by atoms with van der Waals surface area (Å²) in [7, 11) is 0. The molecule has 88 valence electrons. The molecule has 0 heterocycles. The Morgan fingerprint density at radius 1 is 1.31 bits per heavy atom. The Morgan fingerprint density at radius 2 is 2.00 bits per heavy atom. The summed E-state index contributed by atoms with van der Waals surface area (Å²) in [6.07, 6.45) is 0.801. The Balaban J connectivity index is 2.56. The van der Waals surface area contributed by atoms with E-state index in [0.717, 1.165) is 6.42 Å². The number of benzene rings is 1. The Bertz CT molecular complexity index is 371. The summed E-state index contributed by atoms with van der Waals surface area (Å²) in [4.78, 5) is 11.5. The number of ether oxygens (including phenoxy) is 1. The van der Waals surface area contributed by atoms with Gasteiger partial charge in [-0.15, -0.1) is 0 Å². The van der Waals surface area contributed by atoms with Gasteiger partial charge < -0.3 is 14.9 Å². The number of carbonyl (C=O) groups is 1. The first-order valence-corrected chi connectivity index (χ1v) is 5.20. The molecule has 1 aromatic carbocycles. The van der Waals surface area contributed by atoms with Crippen molar-refractivity contribution in [3.05, 3.63) is 23.8 Å². The molecule has 0 aliphatic rings. The van der Waals surface area contributed by atoms with Gasteiger partial charge in [-0.05, 0) is 30.5 Å². The predicted octanol–water partition coefficient (Wildman–Crippen LogP) is 2.30. The number of esters is 1. The third-order valence-corrected chi connectivity index (χ3v) is 2.14. The first-order chi connectivity index (χ1) is 7.50. The van der Waals surface area contributed by atoms with E-state index in [9.17, 15) is 9.90 Å². The van der Waals surface area contributed by atoms with Crippen LogP contribution in [-0.2, 0) is 4.74 Å². The van der Waals surface area contributed by atoms with Crippen LogP contribution < -0.4 is 0 Å². The summed E-state index contributed by atoms with van der Waals surface area (Å²) in [5, 5.41) is 18.3. The van der Waals surface area contributed by atoms with Crippen LogP contribution in [0.3, 0.4) is 0 Å². The molecule has 1 rings (SSSR count). The number of aromatic hydroxyl groups is 2. The second-order valence-electron chi connectivity index (χ2n) is 4.02. The molecule has 0 unspecified atom stereocenters. The maximum absolute atomic E-state index is 11.5. The van der Waals surface area contributed by atoms with Gasteiger partial charge in [0.2, 0.25) is 0 Å². The second-order valence-corrected chi connectivity index (χ2v) is 4.02. The van der Waals surface area contributed by atoms with Crippen molar-refractivity contribution >= 4 is 5.97 Å². The SMILES string of the molecule is CC(C)CCOC(=O)c1ccc(O)c(O)c1. The van der Waals surface area contributed by atoms with Crippen LogP contribution in [0.15, 0.2) is 18.2 Å². The van der Waals surface area contributed by atoms with Crippen LogP contribution in [0, 0.1) is 5.92 Å². The maximum atomic E-state index is 11.5. The zero-order valence-corrected chi connectivity index (χ0v) is 9.43. The van der Waals surface area contributed by atoms with Gasteiger partial charge in [0.15, 0.2) is 11.5 Å². The molecule has 0 fully saturated rings. The topological polar surface area (TPSA) is 66.8 Å². The van der Waals surface area contributed by atoms with E-state index in [1.54, 1.807) is 0 Å². The van der Waals surface area contributed by atoms with E-state index in [1.165, 1.54) is 18.2 Å². The van der Waals surface area contributed by atoms with Crippen molar-refractivity contribution in [2.75, 3.05) is 6.61 Å². The summed E-state index contributed by atoms with van der Waals surface area (Å²) in [6, 6.07) is 3.86. The molecule has 0 saturated carbocycles. The van der Waals surface area contributed by atoms with Crippen molar-refractivity contribution in [2.24, 2.45) is 5.92 Å². The molecule has 0 aromatic heterocycles. The third kappa shape index (κ3) is 3.46. The average Bonchev–Trinajstić information content (AvgIpc) is 2.21. The largest absolute Gasteiger partial charge is 0.504 e. The van der Waals surface area contributed by atoms with Gasteiger partial charge in [0.1, 0.15) is 0 Å². The summed E-state index contributed by atoms with van der Waals surface area (Å²) in [5.41, 5.74) is 0.235. The highest BCUT2D eigenvalue weighted by Crippen LogP contribution is 2.25. The molecule has 4 nitrogen and oxygen atoms in total. The zero-order valence-electron chi connectivity index (χ0n) is 9.43. The molecule has 0 saturated heterocycles. The lowest BCUT2D eigenvalue weighted by atomic mass is 10.1. The Kier molecular flexibility index (Phi) is 4.17. The Labute approximate surface area is 94.5 Å². The second kappa shape index (κ2) is 5.39. The molecular weight excluding hydrogens is 208 g/mol. The fourth-order valence-corrected chi connectivity index (χ4v) is 1.12. The number of carbonyl (C=O) groups excluding carboxylic acids is 1.